The van der Waals surface area contributed by atoms with Crippen LogP contribution in [0.5, 0.6) is 11.5 Å². The topological polar surface area (TPSA) is 67.9 Å². The number of hydrogen-bond donors (Lipinski definition) is 1. The zero-order valence-electron chi connectivity index (χ0n) is 15.7. The van der Waals surface area contributed by atoms with Crippen LogP contribution in [0.15, 0.2) is 48.5 Å². The van der Waals surface area contributed by atoms with Crippen molar-refractivity contribution < 1.29 is 23.5 Å². The van der Waals surface area contributed by atoms with Crippen LogP contribution in [-0.2, 0) is 9.59 Å². The van der Waals surface area contributed by atoms with Crippen molar-refractivity contribution in [1.82, 2.24) is 5.32 Å². The molecule has 3 rings (SSSR count). The zero-order chi connectivity index (χ0) is 19.9. The molecule has 1 atom stereocenters. The molecule has 0 aliphatic carbocycles. The molecule has 1 aliphatic heterocycles. The first kappa shape index (κ1) is 19.7. The minimum absolute atomic E-state index is 0.0460. The van der Waals surface area contributed by atoms with E-state index < -0.39 is 6.10 Å². The third-order valence-corrected chi connectivity index (χ3v) is 4.35. The quantitative estimate of drug-likeness (QED) is 0.709. The maximum Gasteiger partial charge on any atom is 0.268 e. The Balaban J connectivity index is 1.39. The second-order valence-electron chi connectivity index (χ2n) is 6.51. The van der Waals surface area contributed by atoms with E-state index in [9.17, 15) is 14.0 Å². The van der Waals surface area contributed by atoms with Crippen LogP contribution >= 0.6 is 0 Å². The van der Waals surface area contributed by atoms with Crippen molar-refractivity contribution in [3.63, 3.8) is 0 Å². The highest BCUT2D eigenvalue weighted by Gasteiger charge is 2.32. The van der Waals surface area contributed by atoms with Gasteiger partial charge in [0.25, 0.3) is 5.91 Å². The van der Waals surface area contributed by atoms with Crippen molar-refractivity contribution in [3.05, 3.63) is 54.3 Å². The van der Waals surface area contributed by atoms with Gasteiger partial charge in [-0.3, -0.25) is 14.5 Å². The summed E-state index contributed by atoms with van der Waals surface area (Å²) < 4.78 is 23.9. The number of halogens is 1. The first-order valence-corrected chi connectivity index (χ1v) is 9.27. The molecule has 0 fully saturated rings. The number of nitrogens with one attached hydrogen (secondary N) is 1. The molecule has 2 amide bonds. The number of fused-ring (bicyclic) bond motifs is 1. The number of hydrogen-bond acceptors (Lipinski definition) is 4. The largest absolute Gasteiger partial charge is 0.494 e. The van der Waals surface area contributed by atoms with Gasteiger partial charge in [-0.1, -0.05) is 12.1 Å². The fourth-order valence-electron chi connectivity index (χ4n) is 2.90. The smallest absolute Gasteiger partial charge is 0.268 e. The zero-order valence-corrected chi connectivity index (χ0v) is 15.7. The van der Waals surface area contributed by atoms with Crippen LogP contribution in [0.2, 0.25) is 0 Å². The second-order valence-corrected chi connectivity index (χ2v) is 6.51. The molecule has 0 radical (unpaired) electrons. The summed E-state index contributed by atoms with van der Waals surface area (Å²) in [6.07, 6.45) is 0.858. The number of ether oxygens (including phenoxy) is 2. The van der Waals surface area contributed by atoms with Crippen molar-refractivity contribution in [2.24, 2.45) is 0 Å². The van der Waals surface area contributed by atoms with E-state index in [0.29, 0.717) is 30.3 Å². The molecule has 1 unspecified atom stereocenters. The summed E-state index contributed by atoms with van der Waals surface area (Å²) in [6, 6.07) is 13.0. The van der Waals surface area contributed by atoms with Crippen molar-refractivity contribution >= 4 is 17.5 Å². The van der Waals surface area contributed by atoms with Gasteiger partial charge in [0.05, 0.1) is 12.3 Å². The lowest BCUT2D eigenvalue weighted by molar-refractivity contribution is -0.128. The van der Waals surface area contributed by atoms with E-state index in [4.69, 9.17) is 9.47 Å². The van der Waals surface area contributed by atoms with Crippen LogP contribution < -0.4 is 19.7 Å². The van der Waals surface area contributed by atoms with E-state index in [-0.39, 0.29) is 24.2 Å². The van der Waals surface area contributed by atoms with Gasteiger partial charge < -0.3 is 14.8 Å². The molecular formula is C21H23FN2O4. The maximum absolute atomic E-state index is 12.8. The maximum atomic E-state index is 12.8. The Labute approximate surface area is 163 Å². The van der Waals surface area contributed by atoms with E-state index in [0.717, 1.165) is 12.8 Å². The SMILES string of the molecule is CC1Oc2ccccc2N(CC(=O)NCCCCOc2ccc(F)cc2)C1=O. The van der Waals surface area contributed by atoms with E-state index in [1.165, 1.54) is 17.0 Å². The molecule has 1 aliphatic rings. The number of amides is 2. The number of para-hydroxylation sites is 2. The number of unbranched alkanes of at least 4 members (excludes halogenated alkanes) is 1. The number of carbonyl (C=O) groups excluding carboxylic acids is 2. The third kappa shape index (κ3) is 5.00. The fraction of sp³-hybridized carbons (Fsp3) is 0.333. The van der Waals surface area contributed by atoms with Crippen molar-refractivity contribution in [2.45, 2.75) is 25.9 Å². The summed E-state index contributed by atoms with van der Waals surface area (Å²) in [5.74, 6) is 0.452. The molecule has 1 N–H and O–H groups in total. The van der Waals surface area contributed by atoms with Crippen LogP contribution in [-0.4, -0.2) is 37.6 Å². The van der Waals surface area contributed by atoms with Crippen LogP contribution in [0, 0.1) is 5.82 Å². The van der Waals surface area contributed by atoms with Crippen LogP contribution in [0.3, 0.4) is 0 Å². The van der Waals surface area contributed by atoms with Crippen molar-refractivity contribution in [2.75, 3.05) is 24.6 Å². The van der Waals surface area contributed by atoms with Gasteiger partial charge >= 0.3 is 0 Å². The lowest BCUT2D eigenvalue weighted by Gasteiger charge is -2.32. The molecule has 148 valence electrons. The molecule has 2 aromatic carbocycles. The van der Waals surface area contributed by atoms with E-state index in [1.807, 2.05) is 6.07 Å². The molecular weight excluding hydrogens is 363 g/mol. The van der Waals surface area contributed by atoms with Gasteiger partial charge in [0.2, 0.25) is 5.91 Å². The molecule has 1 heterocycles. The summed E-state index contributed by atoms with van der Waals surface area (Å²) in [7, 11) is 0. The Morgan fingerprint density at radius 3 is 2.71 bits per heavy atom. The number of nitrogens with zero attached hydrogens (tertiary/aromatic N) is 1. The molecule has 0 spiro atoms. The fourth-order valence-corrected chi connectivity index (χ4v) is 2.90. The first-order valence-electron chi connectivity index (χ1n) is 9.27. The van der Waals surface area contributed by atoms with Crippen LogP contribution in [0.4, 0.5) is 10.1 Å². The van der Waals surface area contributed by atoms with Gasteiger partial charge in [-0.05, 0) is 56.2 Å². The monoisotopic (exact) mass is 386 g/mol. The summed E-state index contributed by atoms with van der Waals surface area (Å²) in [5, 5.41) is 2.82. The van der Waals surface area contributed by atoms with Crippen LogP contribution in [0.25, 0.3) is 0 Å². The summed E-state index contributed by atoms with van der Waals surface area (Å²) in [4.78, 5) is 26.1. The Morgan fingerprint density at radius 1 is 1.18 bits per heavy atom. The van der Waals surface area contributed by atoms with E-state index in [2.05, 4.69) is 5.32 Å². The summed E-state index contributed by atoms with van der Waals surface area (Å²) in [5.41, 5.74) is 0.605. The highest BCUT2D eigenvalue weighted by Crippen LogP contribution is 2.33. The van der Waals surface area contributed by atoms with Crippen LogP contribution in [0.1, 0.15) is 19.8 Å². The van der Waals surface area contributed by atoms with Gasteiger partial charge in [-0.25, -0.2) is 4.39 Å². The molecule has 28 heavy (non-hydrogen) atoms. The van der Waals surface area contributed by atoms with E-state index >= 15 is 0 Å². The van der Waals surface area contributed by atoms with Gasteiger partial charge in [0.15, 0.2) is 6.10 Å². The molecule has 0 saturated carbocycles. The second kappa shape index (κ2) is 9.21. The normalized spacial score (nSPS) is 15.6. The van der Waals surface area contributed by atoms with Gasteiger partial charge in [-0.15, -0.1) is 0 Å². The predicted molar refractivity (Wildman–Crippen MR) is 103 cm³/mol. The summed E-state index contributed by atoms with van der Waals surface area (Å²) in [6.45, 7) is 2.59. The average Bonchev–Trinajstić information content (AvgIpc) is 2.69. The molecule has 7 heteroatoms. The Kier molecular flexibility index (Phi) is 6.47. The lowest BCUT2D eigenvalue weighted by Crippen LogP contribution is -2.48. The minimum Gasteiger partial charge on any atom is -0.494 e. The minimum atomic E-state index is -0.619. The average molecular weight is 386 g/mol. The van der Waals surface area contributed by atoms with Gasteiger partial charge in [-0.2, -0.15) is 0 Å². The summed E-state index contributed by atoms with van der Waals surface area (Å²) >= 11 is 0. The Bertz CT molecular complexity index is 825. The highest BCUT2D eigenvalue weighted by atomic mass is 19.1. The van der Waals surface area contributed by atoms with E-state index in [1.54, 1.807) is 37.3 Å². The Morgan fingerprint density at radius 2 is 1.93 bits per heavy atom. The number of rotatable bonds is 8. The molecule has 0 saturated heterocycles. The van der Waals surface area contributed by atoms with Crippen molar-refractivity contribution in [3.8, 4) is 11.5 Å². The highest BCUT2D eigenvalue weighted by molar-refractivity contribution is 6.03. The third-order valence-electron chi connectivity index (χ3n) is 4.35. The number of anilines is 1. The molecule has 6 nitrogen and oxygen atoms in total. The lowest BCUT2D eigenvalue weighted by atomic mass is 10.2. The predicted octanol–water partition coefficient (Wildman–Crippen LogP) is 2.92. The number of benzene rings is 2. The van der Waals surface area contributed by atoms with Crippen molar-refractivity contribution in [1.29, 1.82) is 0 Å². The van der Waals surface area contributed by atoms with Gasteiger partial charge in [0.1, 0.15) is 23.9 Å². The molecule has 0 aromatic heterocycles. The molecule has 2 aromatic rings. The standard InChI is InChI=1S/C21H23FN2O4/c1-15-21(26)24(18-6-2-3-7-19(18)28-15)14-20(25)23-12-4-5-13-27-17-10-8-16(22)9-11-17/h2-3,6-11,15H,4-5,12-14H2,1H3,(H,23,25). The Hall–Kier alpha value is -3.09. The first-order chi connectivity index (χ1) is 13.5. The van der Waals surface area contributed by atoms with Gasteiger partial charge in [0, 0.05) is 6.54 Å². The number of carbonyl (C=O) groups is 2. The molecule has 0 bridgehead atoms.